The molecule has 1 aromatic carbocycles. The second-order valence-electron chi connectivity index (χ2n) is 3.49. The second kappa shape index (κ2) is 4.45. The molecule has 0 saturated heterocycles. The molecule has 0 aliphatic rings. The third kappa shape index (κ3) is 4.13. The lowest BCUT2D eigenvalue weighted by Crippen LogP contribution is -2.20. The van der Waals surface area contributed by atoms with E-state index < -0.39 is 23.2 Å². The number of hydrogen-bond acceptors (Lipinski definition) is 2. The van der Waals surface area contributed by atoms with Crippen LogP contribution in [0.15, 0.2) is 30.3 Å². The average Bonchev–Trinajstić information content (AvgIpc) is 2.16. The van der Waals surface area contributed by atoms with Gasteiger partial charge in [-0.2, -0.15) is 13.2 Å². The summed E-state index contributed by atoms with van der Waals surface area (Å²) in [5.74, 6) is 0. The SMILES string of the molecule is CC(C)(OSC(F)(F)F)c1ccccc1. The summed E-state index contributed by atoms with van der Waals surface area (Å²) >= 11 is -0.465. The zero-order valence-corrected chi connectivity index (χ0v) is 9.15. The van der Waals surface area contributed by atoms with E-state index >= 15 is 0 Å². The largest absolute Gasteiger partial charge is 0.468 e. The number of alkyl halides is 3. The van der Waals surface area contributed by atoms with Crippen molar-refractivity contribution in [3.05, 3.63) is 35.9 Å². The van der Waals surface area contributed by atoms with Gasteiger partial charge in [0.1, 0.15) is 17.6 Å². The molecule has 0 fully saturated rings. The van der Waals surface area contributed by atoms with Crippen molar-refractivity contribution in [2.24, 2.45) is 0 Å². The molecule has 0 bridgehead atoms. The van der Waals surface area contributed by atoms with Crippen molar-refractivity contribution in [3.8, 4) is 0 Å². The Kier molecular flexibility index (Phi) is 3.67. The van der Waals surface area contributed by atoms with Gasteiger partial charge in [0.25, 0.3) is 0 Å². The Bertz CT molecular complexity index is 308. The maximum atomic E-state index is 11.9. The minimum Gasteiger partial charge on any atom is -0.297 e. The van der Waals surface area contributed by atoms with E-state index in [1.807, 2.05) is 0 Å². The first-order valence-corrected chi connectivity index (χ1v) is 5.04. The standard InChI is InChI=1S/C10H11F3OS/c1-9(2,14-15-10(11,12)13)8-6-4-3-5-7-8/h3-7H,1-2H3. The van der Waals surface area contributed by atoms with Crippen LogP contribution in [-0.4, -0.2) is 5.51 Å². The first kappa shape index (κ1) is 12.4. The van der Waals surface area contributed by atoms with Gasteiger partial charge in [0.15, 0.2) is 0 Å². The van der Waals surface area contributed by atoms with Crippen LogP contribution in [-0.2, 0) is 9.78 Å². The number of rotatable bonds is 3. The predicted octanol–water partition coefficient (Wildman–Crippen LogP) is 4.11. The minimum absolute atomic E-state index is 0.465. The van der Waals surface area contributed by atoms with Crippen LogP contribution < -0.4 is 0 Å². The molecule has 15 heavy (non-hydrogen) atoms. The number of halogens is 3. The molecule has 0 saturated carbocycles. The van der Waals surface area contributed by atoms with Gasteiger partial charge in [0.05, 0.1) is 0 Å². The van der Waals surface area contributed by atoms with Crippen molar-refractivity contribution in [3.63, 3.8) is 0 Å². The Morgan fingerprint density at radius 2 is 1.60 bits per heavy atom. The van der Waals surface area contributed by atoms with E-state index in [0.717, 1.165) is 0 Å². The zero-order valence-electron chi connectivity index (χ0n) is 8.34. The lowest BCUT2D eigenvalue weighted by atomic mass is 9.99. The van der Waals surface area contributed by atoms with Crippen molar-refractivity contribution in [1.82, 2.24) is 0 Å². The van der Waals surface area contributed by atoms with Crippen LogP contribution in [0.3, 0.4) is 0 Å². The van der Waals surface area contributed by atoms with E-state index in [-0.39, 0.29) is 0 Å². The Labute approximate surface area is 90.8 Å². The molecule has 84 valence electrons. The monoisotopic (exact) mass is 236 g/mol. The molecule has 0 atom stereocenters. The van der Waals surface area contributed by atoms with Gasteiger partial charge in [-0.3, -0.25) is 4.18 Å². The van der Waals surface area contributed by atoms with E-state index in [9.17, 15) is 13.2 Å². The molecule has 0 radical (unpaired) electrons. The molecule has 5 heteroatoms. The van der Waals surface area contributed by atoms with Crippen LogP contribution in [0.1, 0.15) is 19.4 Å². The molecule has 0 amide bonds. The van der Waals surface area contributed by atoms with E-state index in [1.54, 1.807) is 44.2 Å². The smallest absolute Gasteiger partial charge is 0.297 e. The normalized spacial score (nSPS) is 12.9. The van der Waals surface area contributed by atoms with Crippen molar-refractivity contribution in [2.75, 3.05) is 0 Å². The molecule has 0 spiro atoms. The van der Waals surface area contributed by atoms with Crippen LogP contribution >= 0.6 is 12.0 Å². The molecule has 0 heterocycles. The minimum atomic E-state index is -4.37. The number of hydrogen-bond donors (Lipinski definition) is 0. The van der Waals surface area contributed by atoms with Crippen molar-refractivity contribution in [1.29, 1.82) is 0 Å². The van der Waals surface area contributed by atoms with E-state index in [4.69, 9.17) is 4.18 Å². The molecule has 1 aromatic rings. The molecular weight excluding hydrogens is 225 g/mol. The van der Waals surface area contributed by atoms with Crippen LogP contribution in [0, 0.1) is 0 Å². The van der Waals surface area contributed by atoms with Gasteiger partial charge in [-0.1, -0.05) is 30.3 Å². The van der Waals surface area contributed by atoms with Crippen LogP contribution in [0.2, 0.25) is 0 Å². The lowest BCUT2D eigenvalue weighted by Gasteiger charge is -2.24. The summed E-state index contributed by atoms with van der Waals surface area (Å²) in [5, 5.41) is 0. The Morgan fingerprint density at radius 3 is 2.07 bits per heavy atom. The summed E-state index contributed by atoms with van der Waals surface area (Å²) in [7, 11) is 0. The van der Waals surface area contributed by atoms with Crippen molar-refractivity contribution in [2.45, 2.75) is 25.0 Å². The second-order valence-corrected chi connectivity index (χ2v) is 4.28. The number of benzene rings is 1. The zero-order chi connectivity index (χ0) is 11.5. The molecule has 0 aliphatic heterocycles. The van der Waals surface area contributed by atoms with Gasteiger partial charge in [0, 0.05) is 0 Å². The molecule has 0 unspecified atom stereocenters. The van der Waals surface area contributed by atoms with E-state index in [0.29, 0.717) is 5.56 Å². The predicted molar refractivity (Wildman–Crippen MR) is 54.2 cm³/mol. The summed E-state index contributed by atoms with van der Waals surface area (Å²) in [6.45, 7) is 3.20. The topological polar surface area (TPSA) is 9.23 Å². The van der Waals surface area contributed by atoms with Gasteiger partial charge in [-0.05, 0) is 19.4 Å². The maximum Gasteiger partial charge on any atom is 0.468 e. The Morgan fingerprint density at radius 1 is 1.07 bits per heavy atom. The molecule has 1 rings (SSSR count). The average molecular weight is 236 g/mol. The summed E-state index contributed by atoms with van der Waals surface area (Å²) in [6, 6.07) is 8.79. The fourth-order valence-corrected chi connectivity index (χ4v) is 1.44. The highest BCUT2D eigenvalue weighted by Gasteiger charge is 2.34. The summed E-state index contributed by atoms with van der Waals surface area (Å²) < 4.78 is 40.6. The van der Waals surface area contributed by atoms with Crippen LogP contribution in [0.5, 0.6) is 0 Å². The van der Waals surface area contributed by atoms with Crippen LogP contribution in [0.25, 0.3) is 0 Å². The lowest BCUT2D eigenvalue weighted by molar-refractivity contribution is -0.0458. The highest BCUT2D eigenvalue weighted by atomic mass is 32.2. The maximum absolute atomic E-state index is 11.9. The Balaban J connectivity index is 2.68. The molecule has 0 aliphatic carbocycles. The quantitative estimate of drug-likeness (QED) is 0.730. The van der Waals surface area contributed by atoms with Gasteiger partial charge >= 0.3 is 5.51 Å². The fourth-order valence-electron chi connectivity index (χ4n) is 1.04. The van der Waals surface area contributed by atoms with Gasteiger partial charge < -0.3 is 0 Å². The first-order chi connectivity index (χ1) is 6.81. The molecule has 0 N–H and O–H groups in total. The van der Waals surface area contributed by atoms with E-state index in [1.165, 1.54) is 0 Å². The summed E-state index contributed by atoms with van der Waals surface area (Å²) in [4.78, 5) is 0. The van der Waals surface area contributed by atoms with Gasteiger partial charge in [0.2, 0.25) is 0 Å². The first-order valence-electron chi connectivity index (χ1n) is 4.30. The van der Waals surface area contributed by atoms with Gasteiger partial charge in [-0.25, -0.2) is 0 Å². The van der Waals surface area contributed by atoms with Crippen LogP contribution in [0.4, 0.5) is 13.2 Å². The Hall–Kier alpha value is -0.680. The highest BCUT2D eigenvalue weighted by molar-refractivity contribution is 7.95. The van der Waals surface area contributed by atoms with Crippen molar-refractivity contribution < 1.29 is 17.4 Å². The third-order valence-corrected chi connectivity index (χ3v) is 2.50. The summed E-state index contributed by atoms with van der Waals surface area (Å²) in [5.41, 5.74) is -4.62. The molecule has 0 aromatic heterocycles. The molecular formula is C10H11F3OS. The fraction of sp³-hybridized carbons (Fsp3) is 0.400. The van der Waals surface area contributed by atoms with Crippen molar-refractivity contribution >= 4 is 12.0 Å². The highest BCUT2D eigenvalue weighted by Crippen LogP contribution is 2.38. The van der Waals surface area contributed by atoms with Gasteiger partial charge in [-0.15, -0.1) is 0 Å². The third-order valence-electron chi connectivity index (χ3n) is 1.81. The van der Waals surface area contributed by atoms with E-state index in [2.05, 4.69) is 0 Å². The molecule has 1 nitrogen and oxygen atoms in total. The summed E-state index contributed by atoms with van der Waals surface area (Å²) in [6.07, 6.45) is 0.